The number of hydrogen-bond donors (Lipinski definition) is 2. The van der Waals surface area contributed by atoms with Gasteiger partial charge >= 0.3 is 0 Å². The summed E-state index contributed by atoms with van der Waals surface area (Å²) < 4.78 is 25.3. The summed E-state index contributed by atoms with van der Waals surface area (Å²) in [6.45, 7) is -0.0415. The van der Waals surface area contributed by atoms with E-state index in [-0.39, 0.29) is 12.1 Å². The van der Waals surface area contributed by atoms with Gasteiger partial charge in [-0.3, -0.25) is 16.3 Å². The van der Waals surface area contributed by atoms with Gasteiger partial charge in [0, 0.05) is 12.1 Å². The minimum absolute atomic E-state index is 0.0415. The molecule has 0 aromatic carbocycles. The monoisotopic (exact) mass is 159 g/mol. The van der Waals surface area contributed by atoms with Gasteiger partial charge in [-0.05, 0) is 0 Å². The molecule has 1 heterocycles. The molecule has 0 bridgehead atoms. The third kappa shape index (κ3) is 1.69. The number of hydrogen-bond acceptors (Lipinski definition) is 3. The van der Waals surface area contributed by atoms with Crippen LogP contribution >= 0.6 is 0 Å². The number of nitrogens with zero attached hydrogens (tertiary/aromatic N) is 1. The number of rotatable bonds is 2. The van der Waals surface area contributed by atoms with Crippen molar-refractivity contribution in [3.8, 4) is 0 Å². The van der Waals surface area contributed by atoms with Crippen molar-refractivity contribution in [2.45, 2.75) is 6.54 Å². The fraction of sp³-hybridized carbons (Fsp3) is 0.167. The summed E-state index contributed by atoms with van der Waals surface area (Å²) in [5.74, 6) is 3.51. The normalized spacial score (nSPS) is 10.1. The molecule has 0 radical (unpaired) electrons. The van der Waals surface area contributed by atoms with Crippen LogP contribution in [0.15, 0.2) is 12.4 Å². The van der Waals surface area contributed by atoms with Gasteiger partial charge in [0.1, 0.15) is 11.6 Å². The van der Waals surface area contributed by atoms with Gasteiger partial charge in [0.2, 0.25) is 0 Å². The summed E-state index contributed by atoms with van der Waals surface area (Å²) >= 11 is 0. The Balaban J connectivity index is 3.00. The maximum atomic E-state index is 12.6. The first-order chi connectivity index (χ1) is 5.25. The van der Waals surface area contributed by atoms with Crippen molar-refractivity contribution in [2.24, 2.45) is 5.84 Å². The average molecular weight is 159 g/mol. The lowest BCUT2D eigenvalue weighted by Gasteiger charge is -2.01. The molecule has 0 atom stereocenters. The highest BCUT2D eigenvalue weighted by Gasteiger charge is 2.06. The van der Waals surface area contributed by atoms with Crippen molar-refractivity contribution in [3.63, 3.8) is 0 Å². The summed E-state index contributed by atoms with van der Waals surface area (Å²) in [5, 5.41) is 0. The largest absolute Gasteiger partial charge is 0.271 e. The van der Waals surface area contributed by atoms with Crippen molar-refractivity contribution in [3.05, 3.63) is 29.6 Å². The van der Waals surface area contributed by atoms with E-state index in [9.17, 15) is 8.78 Å². The van der Waals surface area contributed by atoms with Crippen molar-refractivity contribution >= 4 is 0 Å². The molecule has 1 rings (SSSR count). The molecule has 3 nitrogen and oxygen atoms in total. The molecule has 0 aliphatic rings. The molecule has 0 saturated carbocycles. The van der Waals surface area contributed by atoms with Crippen LogP contribution in [-0.2, 0) is 6.54 Å². The van der Waals surface area contributed by atoms with Gasteiger partial charge in [0.15, 0.2) is 0 Å². The van der Waals surface area contributed by atoms with E-state index in [4.69, 9.17) is 5.84 Å². The van der Waals surface area contributed by atoms with Crippen molar-refractivity contribution in [1.29, 1.82) is 0 Å². The molecule has 1 aromatic heterocycles. The van der Waals surface area contributed by atoms with Crippen LogP contribution in [0.3, 0.4) is 0 Å². The Morgan fingerprint density at radius 2 is 1.91 bits per heavy atom. The van der Waals surface area contributed by atoms with Gasteiger partial charge in [0.05, 0.1) is 12.4 Å². The van der Waals surface area contributed by atoms with Gasteiger partial charge in [0.25, 0.3) is 0 Å². The van der Waals surface area contributed by atoms with Gasteiger partial charge in [-0.2, -0.15) is 0 Å². The van der Waals surface area contributed by atoms with Crippen LogP contribution in [0.5, 0.6) is 0 Å². The van der Waals surface area contributed by atoms with E-state index in [1.54, 1.807) is 0 Å². The zero-order chi connectivity index (χ0) is 8.27. The maximum Gasteiger partial charge on any atom is 0.148 e. The van der Waals surface area contributed by atoms with Crippen LogP contribution in [0.25, 0.3) is 0 Å². The highest BCUT2D eigenvalue weighted by molar-refractivity contribution is 5.14. The van der Waals surface area contributed by atoms with E-state index in [0.29, 0.717) is 0 Å². The van der Waals surface area contributed by atoms with Gasteiger partial charge in [-0.1, -0.05) is 0 Å². The van der Waals surface area contributed by atoms with E-state index < -0.39 is 11.6 Å². The van der Waals surface area contributed by atoms with Crippen molar-refractivity contribution in [2.75, 3.05) is 0 Å². The number of nitrogens with two attached hydrogens (primary N) is 1. The summed E-state index contributed by atoms with van der Waals surface area (Å²) in [6, 6.07) is 0. The van der Waals surface area contributed by atoms with E-state index in [1.807, 2.05) is 0 Å². The molecule has 0 spiro atoms. The Morgan fingerprint density at radius 1 is 1.36 bits per heavy atom. The quantitative estimate of drug-likeness (QED) is 0.482. The summed E-state index contributed by atoms with van der Waals surface area (Å²) in [4.78, 5) is 3.31. The second kappa shape index (κ2) is 3.36. The van der Waals surface area contributed by atoms with E-state index in [1.165, 1.54) is 0 Å². The zero-order valence-electron chi connectivity index (χ0n) is 5.64. The molecule has 0 unspecified atom stereocenters. The van der Waals surface area contributed by atoms with Crippen LogP contribution in [0.4, 0.5) is 8.78 Å². The van der Waals surface area contributed by atoms with Crippen molar-refractivity contribution < 1.29 is 8.78 Å². The molecular weight excluding hydrogens is 152 g/mol. The third-order valence-electron chi connectivity index (χ3n) is 1.23. The van der Waals surface area contributed by atoms with Gasteiger partial charge < -0.3 is 0 Å². The predicted molar refractivity (Wildman–Crippen MR) is 35.2 cm³/mol. The molecule has 0 fully saturated rings. The first kappa shape index (κ1) is 8.03. The summed E-state index contributed by atoms with van der Waals surface area (Å²) in [7, 11) is 0. The second-order valence-corrected chi connectivity index (χ2v) is 1.96. The van der Waals surface area contributed by atoms with Crippen LogP contribution < -0.4 is 11.3 Å². The Hall–Kier alpha value is -1.07. The molecular formula is C6H7F2N3. The number of nitrogens with one attached hydrogen (secondary N) is 1. The SMILES string of the molecule is NNCc1c(F)cncc1F. The molecule has 0 saturated heterocycles. The Kier molecular flexibility index (Phi) is 2.45. The number of pyridine rings is 1. The van der Waals surface area contributed by atoms with Crippen LogP contribution in [0, 0.1) is 11.6 Å². The average Bonchev–Trinajstić information content (AvgIpc) is 1.97. The first-order valence-electron chi connectivity index (χ1n) is 2.97. The number of halogens is 2. The zero-order valence-corrected chi connectivity index (χ0v) is 5.64. The fourth-order valence-electron chi connectivity index (χ4n) is 0.709. The topological polar surface area (TPSA) is 50.9 Å². The standard InChI is InChI=1S/C6H7F2N3/c7-5-2-10-3-6(8)4(5)1-11-9/h2-3,11H,1,9H2. The number of aromatic nitrogens is 1. The van der Waals surface area contributed by atoms with E-state index in [0.717, 1.165) is 12.4 Å². The lowest BCUT2D eigenvalue weighted by molar-refractivity contribution is 0.531. The van der Waals surface area contributed by atoms with Gasteiger partial charge in [-0.25, -0.2) is 8.78 Å². The molecule has 1 aromatic rings. The molecule has 0 aliphatic carbocycles. The lowest BCUT2D eigenvalue weighted by Crippen LogP contribution is -2.22. The minimum atomic E-state index is -0.692. The Morgan fingerprint density at radius 3 is 2.36 bits per heavy atom. The number of hydrazine groups is 1. The highest BCUT2D eigenvalue weighted by atomic mass is 19.1. The Bertz CT molecular complexity index is 231. The lowest BCUT2D eigenvalue weighted by atomic mass is 10.2. The molecule has 11 heavy (non-hydrogen) atoms. The van der Waals surface area contributed by atoms with Crippen LogP contribution in [0.1, 0.15) is 5.56 Å². The summed E-state index contributed by atoms with van der Waals surface area (Å²) in [6.07, 6.45) is 1.88. The minimum Gasteiger partial charge on any atom is -0.271 e. The van der Waals surface area contributed by atoms with E-state index in [2.05, 4.69) is 10.4 Å². The third-order valence-corrected chi connectivity index (χ3v) is 1.23. The maximum absolute atomic E-state index is 12.6. The molecule has 3 N–H and O–H groups in total. The molecule has 0 aliphatic heterocycles. The Labute approximate surface area is 62.2 Å². The van der Waals surface area contributed by atoms with Crippen molar-refractivity contribution in [1.82, 2.24) is 10.4 Å². The predicted octanol–water partition coefficient (Wildman–Crippen LogP) is 0.323. The molecule has 5 heteroatoms. The van der Waals surface area contributed by atoms with E-state index >= 15 is 0 Å². The highest BCUT2D eigenvalue weighted by Crippen LogP contribution is 2.08. The first-order valence-corrected chi connectivity index (χ1v) is 2.97. The smallest absolute Gasteiger partial charge is 0.148 e. The molecule has 60 valence electrons. The van der Waals surface area contributed by atoms with Crippen LogP contribution in [-0.4, -0.2) is 4.98 Å². The second-order valence-electron chi connectivity index (χ2n) is 1.96. The fourth-order valence-corrected chi connectivity index (χ4v) is 0.709. The van der Waals surface area contributed by atoms with Crippen LogP contribution in [0.2, 0.25) is 0 Å². The molecule has 0 amide bonds. The summed E-state index contributed by atoms with van der Waals surface area (Å²) in [5.41, 5.74) is 2.06. The van der Waals surface area contributed by atoms with Gasteiger partial charge in [-0.15, -0.1) is 0 Å².